The average molecular weight is 463 g/mol. The number of benzene rings is 3. The molecule has 1 amide bonds. The molecule has 162 valence electrons. The van der Waals surface area contributed by atoms with E-state index < -0.39 is 0 Å². The molecule has 0 radical (unpaired) electrons. The van der Waals surface area contributed by atoms with Crippen molar-refractivity contribution in [3.8, 4) is 0 Å². The maximum atomic E-state index is 12.4. The summed E-state index contributed by atoms with van der Waals surface area (Å²) < 4.78 is 0. The standard InChI is InChI=1S/C25H22N4OS.ClH/c26-25(23-7-4-16-31-23)29-22-10-8-18(9-11-22)17-24(30)28-21-14-12-20(13-15-21)27-19-5-2-1-3-6-19;/h1-16,27H,17H2,(H2,26,29)(H,28,30);1H. The first-order valence-electron chi connectivity index (χ1n) is 9.86. The number of amidine groups is 1. The van der Waals surface area contributed by atoms with Crippen molar-refractivity contribution in [3.05, 3.63) is 107 Å². The molecule has 32 heavy (non-hydrogen) atoms. The third-order valence-electron chi connectivity index (χ3n) is 4.59. The zero-order valence-electron chi connectivity index (χ0n) is 17.2. The fourth-order valence-corrected chi connectivity index (χ4v) is 3.68. The van der Waals surface area contributed by atoms with E-state index in [0.717, 1.165) is 33.2 Å². The molecule has 5 nitrogen and oxygen atoms in total. The molecule has 4 rings (SSSR count). The van der Waals surface area contributed by atoms with Crippen LogP contribution in [0, 0.1) is 5.41 Å². The lowest BCUT2D eigenvalue weighted by molar-refractivity contribution is -0.115. The highest BCUT2D eigenvalue weighted by molar-refractivity contribution is 7.12. The molecule has 0 fully saturated rings. The van der Waals surface area contributed by atoms with Gasteiger partial charge in [0.05, 0.1) is 11.3 Å². The zero-order valence-corrected chi connectivity index (χ0v) is 18.8. The predicted molar refractivity (Wildman–Crippen MR) is 137 cm³/mol. The summed E-state index contributed by atoms with van der Waals surface area (Å²) in [5, 5.41) is 19.4. The van der Waals surface area contributed by atoms with E-state index in [-0.39, 0.29) is 24.7 Å². The number of rotatable bonds is 7. The molecule has 0 saturated carbocycles. The molecule has 1 aromatic heterocycles. The van der Waals surface area contributed by atoms with E-state index >= 15 is 0 Å². The van der Waals surface area contributed by atoms with E-state index in [1.807, 2.05) is 96.4 Å². The highest BCUT2D eigenvalue weighted by Crippen LogP contribution is 2.19. The fraction of sp³-hybridized carbons (Fsp3) is 0.0400. The molecular weight excluding hydrogens is 440 g/mol. The quantitative estimate of drug-likeness (QED) is 0.186. The molecule has 0 bridgehead atoms. The van der Waals surface area contributed by atoms with Gasteiger partial charge in [0, 0.05) is 22.7 Å². The maximum Gasteiger partial charge on any atom is 0.228 e. The van der Waals surface area contributed by atoms with Crippen LogP contribution in [0.1, 0.15) is 10.4 Å². The van der Waals surface area contributed by atoms with Crippen molar-refractivity contribution in [3.63, 3.8) is 0 Å². The van der Waals surface area contributed by atoms with E-state index in [1.54, 1.807) is 0 Å². The van der Waals surface area contributed by atoms with Gasteiger partial charge in [0.25, 0.3) is 0 Å². The summed E-state index contributed by atoms with van der Waals surface area (Å²) in [6, 6.07) is 29.0. The molecule has 0 saturated heterocycles. The molecule has 0 aliphatic carbocycles. The highest BCUT2D eigenvalue weighted by atomic mass is 35.5. The van der Waals surface area contributed by atoms with Crippen LogP contribution in [0.15, 0.2) is 96.4 Å². The molecule has 4 aromatic rings. The lowest BCUT2D eigenvalue weighted by atomic mass is 10.1. The number of hydrogen-bond donors (Lipinski definition) is 4. The zero-order chi connectivity index (χ0) is 21.5. The first kappa shape index (κ1) is 23.1. The minimum atomic E-state index is -0.0733. The van der Waals surface area contributed by atoms with Gasteiger partial charge in [-0.3, -0.25) is 10.2 Å². The lowest BCUT2D eigenvalue weighted by Crippen LogP contribution is -2.14. The van der Waals surface area contributed by atoms with E-state index in [4.69, 9.17) is 5.41 Å². The first-order chi connectivity index (χ1) is 15.2. The summed E-state index contributed by atoms with van der Waals surface area (Å²) in [4.78, 5) is 13.3. The number of thiophene rings is 1. The predicted octanol–water partition coefficient (Wildman–Crippen LogP) is 6.53. The number of amides is 1. The van der Waals surface area contributed by atoms with Crippen LogP contribution >= 0.6 is 23.7 Å². The van der Waals surface area contributed by atoms with Gasteiger partial charge in [-0.25, -0.2) is 0 Å². The highest BCUT2D eigenvalue weighted by Gasteiger charge is 2.06. The Morgan fingerprint density at radius 3 is 1.97 bits per heavy atom. The molecular formula is C25H23ClN4OS. The van der Waals surface area contributed by atoms with E-state index in [2.05, 4.69) is 16.0 Å². The third kappa shape index (κ3) is 6.44. The molecule has 0 unspecified atom stereocenters. The number of halogens is 1. The van der Waals surface area contributed by atoms with Crippen LogP contribution in [-0.4, -0.2) is 11.7 Å². The van der Waals surface area contributed by atoms with Crippen molar-refractivity contribution in [2.75, 3.05) is 16.0 Å². The summed E-state index contributed by atoms with van der Waals surface area (Å²) in [7, 11) is 0. The smallest absolute Gasteiger partial charge is 0.228 e. The second kappa shape index (κ2) is 11.1. The largest absolute Gasteiger partial charge is 0.356 e. The van der Waals surface area contributed by atoms with E-state index in [9.17, 15) is 4.79 Å². The summed E-state index contributed by atoms with van der Waals surface area (Å²) in [6.07, 6.45) is 0.284. The van der Waals surface area contributed by atoms with Crippen molar-refractivity contribution in [1.82, 2.24) is 0 Å². The number of hydrogen-bond acceptors (Lipinski definition) is 4. The number of nitrogens with one attached hydrogen (secondary N) is 4. The molecule has 7 heteroatoms. The Labute approximate surface area is 197 Å². The Hall–Kier alpha value is -3.61. The Kier molecular flexibility index (Phi) is 8.02. The van der Waals surface area contributed by atoms with Crippen LogP contribution in [0.25, 0.3) is 0 Å². The topological polar surface area (TPSA) is 77.0 Å². The minimum absolute atomic E-state index is 0. The molecule has 0 aliphatic rings. The van der Waals surface area contributed by atoms with Gasteiger partial charge in [-0.1, -0.05) is 36.4 Å². The maximum absolute atomic E-state index is 12.4. The van der Waals surface area contributed by atoms with Crippen molar-refractivity contribution in [1.29, 1.82) is 5.41 Å². The van der Waals surface area contributed by atoms with Gasteiger partial charge < -0.3 is 16.0 Å². The second-order valence-corrected chi connectivity index (χ2v) is 7.92. The molecule has 0 atom stereocenters. The Bertz CT molecular complexity index is 1150. The van der Waals surface area contributed by atoms with Gasteiger partial charge in [-0.2, -0.15) is 0 Å². The minimum Gasteiger partial charge on any atom is -0.356 e. The number of carbonyl (C=O) groups is 1. The Morgan fingerprint density at radius 1 is 0.719 bits per heavy atom. The lowest BCUT2D eigenvalue weighted by Gasteiger charge is -2.10. The van der Waals surface area contributed by atoms with Gasteiger partial charge in [-0.05, 0) is 65.5 Å². The summed E-state index contributed by atoms with van der Waals surface area (Å²) in [6.45, 7) is 0. The van der Waals surface area contributed by atoms with Crippen molar-refractivity contribution in [2.24, 2.45) is 0 Å². The SMILES string of the molecule is Cl.N=C(Nc1ccc(CC(=O)Nc2ccc(Nc3ccccc3)cc2)cc1)c1cccs1. The summed E-state index contributed by atoms with van der Waals surface area (Å²) >= 11 is 1.52. The first-order valence-corrected chi connectivity index (χ1v) is 10.7. The number of carbonyl (C=O) groups excluding carboxylic acids is 1. The van der Waals surface area contributed by atoms with Crippen LogP contribution in [0.5, 0.6) is 0 Å². The molecule has 0 aliphatic heterocycles. The van der Waals surface area contributed by atoms with Gasteiger partial charge in [0.2, 0.25) is 5.91 Å². The van der Waals surface area contributed by atoms with E-state index in [1.165, 1.54) is 11.3 Å². The van der Waals surface area contributed by atoms with Crippen LogP contribution < -0.4 is 16.0 Å². The van der Waals surface area contributed by atoms with Crippen molar-refractivity contribution >= 4 is 58.2 Å². The molecule has 0 spiro atoms. The third-order valence-corrected chi connectivity index (χ3v) is 5.47. The van der Waals surface area contributed by atoms with Gasteiger partial charge in [0.1, 0.15) is 5.84 Å². The Balaban J connectivity index is 0.00000289. The van der Waals surface area contributed by atoms with Gasteiger partial charge in [0.15, 0.2) is 0 Å². The summed E-state index contributed by atoms with van der Waals surface area (Å²) in [5.41, 5.74) is 4.46. The van der Waals surface area contributed by atoms with Crippen LogP contribution in [0.4, 0.5) is 22.7 Å². The van der Waals surface area contributed by atoms with Crippen molar-refractivity contribution in [2.45, 2.75) is 6.42 Å². The molecule has 1 heterocycles. The van der Waals surface area contributed by atoms with Gasteiger partial charge in [-0.15, -0.1) is 23.7 Å². The van der Waals surface area contributed by atoms with Gasteiger partial charge >= 0.3 is 0 Å². The van der Waals surface area contributed by atoms with Crippen molar-refractivity contribution < 1.29 is 4.79 Å². The number of anilines is 4. The van der Waals surface area contributed by atoms with Crippen LogP contribution in [0.3, 0.4) is 0 Å². The second-order valence-electron chi connectivity index (χ2n) is 6.97. The normalized spacial score (nSPS) is 10.0. The Morgan fingerprint density at radius 2 is 1.31 bits per heavy atom. The number of para-hydroxylation sites is 1. The van der Waals surface area contributed by atoms with E-state index in [0.29, 0.717) is 5.84 Å². The van der Waals surface area contributed by atoms with Crippen LogP contribution in [-0.2, 0) is 11.2 Å². The average Bonchev–Trinajstić information content (AvgIpc) is 3.32. The summed E-state index contributed by atoms with van der Waals surface area (Å²) in [5.74, 6) is 0.293. The van der Waals surface area contributed by atoms with Crippen LogP contribution in [0.2, 0.25) is 0 Å². The molecule has 4 N–H and O–H groups in total. The molecule has 3 aromatic carbocycles. The monoisotopic (exact) mass is 462 g/mol. The fourth-order valence-electron chi connectivity index (χ4n) is 3.05.